The molecule has 1 aromatic rings. The molecule has 0 radical (unpaired) electrons. The van der Waals surface area contributed by atoms with Crippen molar-refractivity contribution in [3.63, 3.8) is 0 Å². The van der Waals surface area contributed by atoms with E-state index in [1.54, 1.807) is 7.11 Å². The standard InChI is InChI=1S/C24H43N5O3.HI/c1-6-25-24(26-18-20(4)29-12-14-31-15-13-29)27-19-21-9-10-22(23(17-21)30-5)32-16-11-28(7-2)8-3;/h9-10,17,20H,6-8,11-16,18-19H2,1-5H3,(H2,25,26,27);1H. The smallest absolute Gasteiger partial charge is 0.191 e. The number of hydrogen-bond acceptors (Lipinski definition) is 6. The van der Waals surface area contributed by atoms with E-state index in [1.807, 2.05) is 12.1 Å². The van der Waals surface area contributed by atoms with Crippen LogP contribution in [0.2, 0.25) is 0 Å². The summed E-state index contributed by atoms with van der Waals surface area (Å²) >= 11 is 0. The normalized spacial score (nSPS) is 15.6. The SMILES string of the molecule is CCNC(=NCc1ccc(OCCN(CC)CC)c(OC)c1)NCC(C)N1CCOCC1.I. The number of halogens is 1. The van der Waals surface area contributed by atoms with Crippen LogP contribution in [0.4, 0.5) is 0 Å². The summed E-state index contributed by atoms with van der Waals surface area (Å²) in [6, 6.07) is 6.47. The molecule has 0 spiro atoms. The van der Waals surface area contributed by atoms with Gasteiger partial charge in [0, 0.05) is 38.8 Å². The van der Waals surface area contributed by atoms with Gasteiger partial charge in [-0.05, 0) is 44.6 Å². The van der Waals surface area contributed by atoms with Crippen LogP contribution in [0.5, 0.6) is 11.5 Å². The molecule has 2 rings (SSSR count). The highest BCUT2D eigenvalue weighted by molar-refractivity contribution is 14.0. The van der Waals surface area contributed by atoms with Gasteiger partial charge in [-0.3, -0.25) is 4.90 Å². The minimum atomic E-state index is 0. The lowest BCUT2D eigenvalue weighted by Gasteiger charge is -2.32. The molecule has 9 heteroatoms. The zero-order valence-electron chi connectivity index (χ0n) is 21.1. The average Bonchev–Trinajstić information content (AvgIpc) is 2.84. The molecule has 1 aliphatic heterocycles. The molecule has 2 N–H and O–H groups in total. The number of hydrogen-bond donors (Lipinski definition) is 2. The molecule has 1 aromatic carbocycles. The minimum Gasteiger partial charge on any atom is -0.493 e. The van der Waals surface area contributed by atoms with Crippen molar-refractivity contribution in [2.45, 2.75) is 40.3 Å². The summed E-state index contributed by atoms with van der Waals surface area (Å²) in [5.41, 5.74) is 1.08. The van der Waals surface area contributed by atoms with Crippen molar-refractivity contribution in [2.24, 2.45) is 4.99 Å². The summed E-state index contributed by atoms with van der Waals surface area (Å²) in [6.45, 7) is 18.1. The van der Waals surface area contributed by atoms with E-state index < -0.39 is 0 Å². The number of rotatable bonds is 13. The topological polar surface area (TPSA) is 70.6 Å². The van der Waals surface area contributed by atoms with Crippen molar-refractivity contribution in [2.75, 3.05) is 72.7 Å². The van der Waals surface area contributed by atoms with E-state index >= 15 is 0 Å². The first kappa shape index (κ1) is 29.7. The van der Waals surface area contributed by atoms with Gasteiger partial charge in [0.25, 0.3) is 0 Å². The third-order valence-corrected chi connectivity index (χ3v) is 5.79. The number of guanidine groups is 1. The van der Waals surface area contributed by atoms with E-state index in [1.165, 1.54) is 0 Å². The van der Waals surface area contributed by atoms with E-state index in [-0.39, 0.29) is 24.0 Å². The number of ether oxygens (including phenoxy) is 3. The zero-order valence-corrected chi connectivity index (χ0v) is 23.4. The van der Waals surface area contributed by atoms with Crippen LogP contribution in [0.15, 0.2) is 23.2 Å². The lowest BCUT2D eigenvalue weighted by Crippen LogP contribution is -2.49. The van der Waals surface area contributed by atoms with Crippen LogP contribution >= 0.6 is 24.0 Å². The third kappa shape index (κ3) is 10.7. The van der Waals surface area contributed by atoms with Crippen LogP contribution < -0.4 is 20.1 Å². The molecule has 0 amide bonds. The van der Waals surface area contributed by atoms with Crippen LogP contribution in [0, 0.1) is 0 Å². The first-order valence-electron chi connectivity index (χ1n) is 12.0. The van der Waals surface area contributed by atoms with Gasteiger partial charge in [0.15, 0.2) is 17.5 Å². The summed E-state index contributed by atoms with van der Waals surface area (Å²) in [4.78, 5) is 9.55. The summed E-state index contributed by atoms with van der Waals surface area (Å²) in [5.74, 6) is 2.35. The Morgan fingerprint density at radius 2 is 1.88 bits per heavy atom. The lowest BCUT2D eigenvalue weighted by atomic mass is 10.2. The zero-order chi connectivity index (χ0) is 23.2. The molecule has 0 saturated carbocycles. The Morgan fingerprint density at radius 1 is 1.15 bits per heavy atom. The van der Waals surface area contributed by atoms with E-state index in [0.29, 0.717) is 19.2 Å². The second-order valence-electron chi connectivity index (χ2n) is 7.93. The molecule has 8 nitrogen and oxygen atoms in total. The Morgan fingerprint density at radius 3 is 2.52 bits per heavy atom. The molecule has 1 saturated heterocycles. The molecule has 1 atom stereocenters. The molecule has 1 unspecified atom stereocenters. The first-order valence-corrected chi connectivity index (χ1v) is 12.0. The number of morpholine rings is 1. The highest BCUT2D eigenvalue weighted by atomic mass is 127. The molecule has 1 aliphatic rings. The molecule has 0 aliphatic carbocycles. The maximum Gasteiger partial charge on any atom is 0.191 e. The predicted octanol–water partition coefficient (Wildman–Crippen LogP) is 2.81. The van der Waals surface area contributed by atoms with Gasteiger partial charge in [-0.15, -0.1) is 24.0 Å². The first-order chi connectivity index (χ1) is 15.6. The molecular weight excluding hydrogens is 533 g/mol. The fourth-order valence-electron chi connectivity index (χ4n) is 3.66. The maximum atomic E-state index is 5.96. The lowest BCUT2D eigenvalue weighted by molar-refractivity contribution is 0.0211. The van der Waals surface area contributed by atoms with Gasteiger partial charge < -0.3 is 29.7 Å². The van der Waals surface area contributed by atoms with Crippen LogP contribution in [0.1, 0.15) is 33.3 Å². The van der Waals surface area contributed by atoms with Crippen molar-refractivity contribution in [1.29, 1.82) is 0 Å². The second kappa shape index (κ2) is 17.2. The summed E-state index contributed by atoms with van der Waals surface area (Å²) in [5, 5.41) is 6.81. The molecule has 33 heavy (non-hydrogen) atoms. The average molecular weight is 578 g/mol. The largest absolute Gasteiger partial charge is 0.493 e. The Bertz CT molecular complexity index is 682. The van der Waals surface area contributed by atoms with Crippen molar-refractivity contribution in [3.05, 3.63) is 23.8 Å². The number of methoxy groups -OCH3 is 1. The van der Waals surface area contributed by atoms with Gasteiger partial charge in [0.1, 0.15) is 6.61 Å². The number of nitrogens with zero attached hydrogens (tertiary/aromatic N) is 3. The third-order valence-electron chi connectivity index (χ3n) is 5.79. The van der Waals surface area contributed by atoms with Crippen molar-refractivity contribution < 1.29 is 14.2 Å². The van der Waals surface area contributed by atoms with Crippen molar-refractivity contribution in [1.82, 2.24) is 20.4 Å². The Labute approximate surface area is 217 Å². The molecule has 0 aromatic heterocycles. The van der Waals surface area contributed by atoms with E-state index in [2.05, 4.69) is 54.2 Å². The number of likely N-dealkylation sites (N-methyl/N-ethyl adjacent to an activating group) is 1. The Hall–Kier alpha value is -1.30. The summed E-state index contributed by atoms with van der Waals surface area (Å²) < 4.78 is 17.0. The molecule has 190 valence electrons. The fraction of sp³-hybridized carbons (Fsp3) is 0.708. The molecule has 0 bridgehead atoms. The van der Waals surface area contributed by atoms with E-state index in [0.717, 1.165) is 82.0 Å². The van der Waals surface area contributed by atoms with Gasteiger partial charge in [-0.1, -0.05) is 19.9 Å². The maximum absolute atomic E-state index is 5.96. The van der Waals surface area contributed by atoms with Gasteiger partial charge in [0.2, 0.25) is 0 Å². The quantitative estimate of drug-likeness (QED) is 0.212. The van der Waals surface area contributed by atoms with Gasteiger partial charge >= 0.3 is 0 Å². The Balaban J connectivity index is 0.00000544. The predicted molar refractivity (Wildman–Crippen MR) is 146 cm³/mol. The van der Waals surface area contributed by atoms with Gasteiger partial charge in [-0.2, -0.15) is 0 Å². The number of aliphatic imine (C=N–C) groups is 1. The summed E-state index contributed by atoms with van der Waals surface area (Å²) in [6.07, 6.45) is 0. The fourth-order valence-corrected chi connectivity index (χ4v) is 3.66. The van der Waals surface area contributed by atoms with Crippen LogP contribution in [-0.4, -0.2) is 94.5 Å². The van der Waals surface area contributed by atoms with Crippen molar-refractivity contribution in [3.8, 4) is 11.5 Å². The van der Waals surface area contributed by atoms with Gasteiger partial charge in [-0.25, -0.2) is 4.99 Å². The number of nitrogens with one attached hydrogen (secondary N) is 2. The highest BCUT2D eigenvalue weighted by Gasteiger charge is 2.17. The number of benzene rings is 1. The monoisotopic (exact) mass is 577 g/mol. The highest BCUT2D eigenvalue weighted by Crippen LogP contribution is 2.28. The van der Waals surface area contributed by atoms with Crippen molar-refractivity contribution >= 4 is 29.9 Å². The molecule has 1 heterocycles. The van der Waals surface area contributed by atoms with E-state index in [4.69, 9.17) is 19.2 Å². The van der Waals surface area contributed by atoms with Crippen LogP contribution in [-0.2, 0) is 11.3 Å². The molecular formula is C24H44IN5O3. The van der Waals surface area contributed by atoms with Gasteiger partial charge in [0.05, 0.1) is 26.9 Å². The summed E-state index contributed by atoms with van der Waals surface area (Å²) in [7, 11) is 1.68. The minimum absolute atomic E-state index is 0. The van der Waals surface area contributed by atoms with Crippen LogP contribution in [0.25, 0.3) is 0 Å². The van der Waals surface area contributed by atoms with Crippen LogP contribution in [0.3, 0.4) is 0 Å². The second-order valence-corrected chi connectivity index (χ2v) is 7.93. The molecule has 1 fully saturated rings. The Kier molecular flexibility index (Phi) is 15.5. The van der Waals surface area contributed by atoms with E-state index in [9.17, 15) is 0 Å².